The first-order valence-electron chi connectivity index (χ1n) is 14.3. The summed E-state index contributed by atoms with van der Waals surface area (Å²) in [6, 6.07) is 28.5. The number of carbonyl (C=O) groups excluding carboxylic acids is 1. The second-order valence-corrected chi connectivity index (χ2v) is 10.8. The van der Waals surface area contributed by atoms with Gasteiger partial charge in [-0.05, 0) is 67.1 Å². The molecular formula is C34H35N5O3. The first-order chi connectivity index (χ1) is 20.5. The summed E-state index contributed by atoms with van der Waals surface area (Å²) in [7, 11) is 2.17. The number of aromatic nitrogens is 2. The maximum atomic E-state index is 13.0. The number of hydrogen-bond acceptors (Lipinski definition) is 6. The van der Waals surface area contributed by atoms with Gasteiger partial charge in [-0.3, -0.25) is 4.79 Å². The van der Waals surface area contributed by atoms with Crippen molar-refractivity contribution in [3.05, 3.63) is 108 Å². The molecule has 6 rings (SSSR count). The summed E-state index contributed by atoms with van der Waals surface area (Å²) in [6.07, 6.45) is 0.996. The summed E-state index contributed by atoms with van der Waals surface area (Å²) in [5, 5.41) is 13.7. The molecule has 3 N–H and O–H groups in total. The third-order valence-corrected chi connectivity index (χ3v) is 7.74. The minimum atomic E-state index is -0.194. The quantitative estimate of drug-likeness (QED) is 0.218. The number of imidazole rings is 1. The smallest absolute Gasteiger partial charge is 0.255 e. The Morgan fingerprint density at radius 2 is 1.71 bits per heavy atom. The van der Waals surface area contributed by atoms with Crippen molar-refractivity contribution in [2.45, 2.75) is 13.0 Å². The maximum absolute atomic E-state index is 13.0. The van der Waals surface area contributed by atoms with E-state index in [1.54, 1.807) is 30.3 Å². The Morgan fingerprint density at radius 1 is 0.929 bits per heavy atom. The molecule has 4 aromatic carbocycles. The monoisotopic (exact) mass is 561 g/mol. The van der Waals surface area contributed by atoms with Crippen molar-refractivity contribution in [3.63, 3.8) is 0 Å². The number of H-pyrrole nitrogens is 1. The summed E-state index contributed by atoms with van der Waals surface area (Å²) in [4.78, 5) is 25.8. The van der Waals surface area contributed by atoms with Crippen molar-refractivity contribution in [2.75, 3.05) is 45.1 Å². The molecule has 2 heterocycles. The number of carbonyl (C=O) groups is 1. The number of aromatic hydroxyl groups is 1. The average Bonchev–Trinajstić information content (AvgIpc) is 3.44. The highest BCUT2D eigenvalue weighted by Gasteiger charge is 2.15. The lowest BCUT2D eigenvalue weighted by Gasteiger charge is -2.32. The largest absolute Gasteiger partial charge is 0.507 e. The van der Waals surface area contributed by atoms with Crippen molar-refractivity contribution in [3.8, 4) is 22.9 Å². The van der Waals surface area contributed by atoms with E-state index >= 15 is 0 Å². The Bertz CT molecular complexity index is 1660. The van der Waals surface area contributed by atoms with Crippen LogP contribution >= 0.6 is 0 Å². The summed E-state index contributed by atoms with van der Waals surface area (Å²) < 4.78 is 5.82. The van der Waals surface area contributed by atoms with Crippen molar-refractivity contribution in [1.29, 1.82) is 0 Å². The van der Waals surface area contributed by atoms with Gasteiger partial charge in [-0.15, -0.1) is 0 Å². The predicted octanol–water partition coefficient (Wildman–Crippen LogP) is 5.56. The molecule has 214 valence electrons. The first kappa shape index (κ1) is 27.5. The molecule has 0 aliphatic carbocycles. The van der Waals surface area contributed by atoms with E-state index in [-0.39, 0.29) is 11.7 Å². The molecule has 8 nitrogen and oxygen atoms in total. The van der Waals surface area contributed by atoms with Gasteiger partial charge in [-0.2, -0.15) is 0 Å². The molecule has 1 amide bonds. The number of phenols is 1. The third kappa shape index (κ3) is 6.62. The van der Waals surface area contributed by atoms with E-state index in [9.17, 15) is 9.90 Å². The van der Waals surface area contributed by atoms with Crippen LogP contribution in [0.5, 0.6) is 11.5 Å². The number of piperazine rings is 1. The van der Waals surface area contributed by atoms with Crippen molar-refractivity contribution < 1.29 is 14.6 Å². The van der Waals surface area contributed by atoms with Crippen LogP contribution in [0.25, 0.3) is 22.4 Å². The second kappa shape index (κ2) is 12.5. The van der Waals surface area contributed by atoms with Crippen LogP contribution in [-0.2, 0) is 13.0 Å². The standard InChI is InChI=1S/C34H35N5O3/c1-38-17-19-39(20-18-38)16-15-24-7-10-27(11-8-24)35-34(41)26-9-14-30-31(21-26)37-33(36-30)29-13-12-28(22-32(29)40)42-23-25-5-3-2-4-6-25/h2-14,21-22,40H,15-20,23H2,1H3,(H,35,41)(H,36,37). The lowest BCUT2D eigenvalue weighted by molar-refractivity contribution is 0.102. The Kier molecular flexibility index (Phi) is 8.16. The predicted molar refractivity (Wildman–Crippen MR) is 166 cm³/mol. The minimum absolute atomic E-state index is 0.0598. The lowest BCUT2D eigenvalue weighted by atomic mass is 10.1. The molecule has 0 bridgehead atoms. The Hall–Kier alpha value is -4.66. The van der Waals surface area contributed by atoms with Gasteiger partial charge in [0.15, 0.2) is 0 Å². The lowest BCUT2D eigenvalue weighted by Crippen LogP contribution is -2.45. The highest BCUT2D eigenvalue weighted by Crippen LogP contribution is 2.32. The molecule has 0 atom stereocenters. The average molecular weight is 562 g/mol. The van der Waals surface area contributed by atoms with Gasteiger partial charge in [0.1, 0.15) is 23.9 Å². The Morgan fingerprint density at radius 3 is 2.48 bits per heavy atom. The first-order valence-corrected chi connectivity index (χ1v) is 14.3. The maximum Gasteiger partial charge on any atom is 0.255 e. The summed E-state index contributed by atoms with van der Waals surface area (Å²) in [6.45, 7) is 5.94. The number of benzene rings is 4. The fourth-order valence-corrected chi connectivity index (χ4v) is 5.14. The molecule has 0 spiro atoms. The number of anilines is 1. The number of ether oxygens (including phenoxy) is 1. The molecular weight excluding hydrogens is 526 g/mol. The number of nitrogens with zero attached hydrogens (tertiary/aromatic N) is 3. The van der Waals surface area contributed by atoms with E-state index < -0.39 is 0 Å². The highest BCUT2D eigenvalue weighted by atomic mass is 16.5. The van der Waals surface area contributed by atoms with Crippen LogP contribution in [0.2, 0.25) is 0 Å². The van der Waals surface area contributed by atoms with Gasteiger partial charge < -0.3 is 29.9 Å². The van der Waals surface area contributed by atoms with Gasteiger partial charge in [0.2, 0.25) is 0 Å². The number of aromatic amines is 1. The molecule has 1 aromatic heterocycles. The van der Waals surface area contributed by atoms with Crippen LogP contribution in [-0.4, -0.2) is 70.6 Å². The van der Waals surface area contributed by atoms with Gasteiger partial charge in [0.25, 0.3) is 5.91 Å². The van der Waals surface area contributed by atoms with Gasteiger partial charge in [-0.25, -0.2) is 4.98 Å². The third-order valence-electron chi connectivity index (χ3n) is 7.74. The van der Waals surface area contributed by atoms with Gasteiger partial charge in [0, 0.05) is 50.0 Å². The number of hydrogen-bond donors (Lipinski definition) is 3. The van der Waals surface area contributed by atoms with Crippen LogP contribution in [0, 0.1) is 0 Å². The van der Waals surface area contributed by atoms with E-state index in [0.717, 1.165) is 50.4 Å². The number of likely N-dealkylation sites (N-methyl/N-ethyl adjacent to an activating group) is 1. The van der Waals surface area contributed by atoms with Crippen LogP contribution < -0.4 is 10.1 Å². The number of nitrogens with one attached hydrogen (secondary N) is 2. The number of amides is 1. The fraction of sp³-hybridized carbons (Fsp3) is 0.235. The minimum Gasteiger partial charge on any atom is -0.507 e. The van der Waals surface area contributed by atoms with Crippen LogP contribution in [0.4, 0.5) is 5.69 Å². The Balaban J connectivity index is 1.07. The molecule has 0 unspecified atom stereocenters. The van der Waals surface area contributed by atoms with Crippen LogP contribution in [0.3, 0.4) is 0 Å². The number of phenolic OH excluding ortho intramolecular Hbond substituents is 1. The molecule has 0 saturated carbocycles. The Labute approximate surface area is 245 Å². The van der Waals surface area contributed by atoms with E-state index in [2.05, 4.69) is 44.3 Å². The zero-order chi connectivity index (χ0) is 28.9. The second-order valence-electron chi connectivity index (χ2n) is 10.8. The van der Waals surface area contributed by atoms with Gasteiger partial charge in [-0.1, -0.05) is 42.5 Å². The molecule has 1 aliphatic rings. The molecule has 8 heteroatoms. The van der Waals surface area contributed by atoms with Crippen LogP contribution in [0.1, 0.15) is 21.5 Å². The van der Waals surface area contributed by atoms with E-state index in [1.165, 1.54) is 5.56 Å². The summed E-state index contributed by atoms with van der Waals surface area (Å²) >= 11 is 0. The van der Waals surface area contributed by atoms with E-state index in [4.69, 9.17) is 4.74 Å². The number of fused-ring (bicyclic) bond motifs is 1. The molecule has 1 aliphatic heterocycles. The molecule has 1 fully saturated rings. The van der Waals surface area contributed by atoms with Crippen molar-refractivity contribution >= 4 is 22.6 Å². The van der Waals surface area contributed by atoms with Gasteiger partial charge in [0.05, 0.1) is 16.6 Å². The topological polar surface area (TPSA) is 93.7 Å². The SMILES string of the molecule is CN1CCN(CCc2ccc(NC(=O)c3ccc4nc(-c5ccc(OCc6ccccc6)cc5O)[nH]c4c3)cc2)CC1. The summed E-state index contributed by atoms with van der Waals surface area (Å²) in [5.41, 5.74) is 5.55. The molecule has 1 saturated heterocycles. The summed E-state index contributed by atoms with van der Waals surface area (Å²) in [5.74, 6) is 0.950. The van der Waals surface area contributed by atoms with Crippen LogP contribution in [0.15, 0.2) is 91.0 Å². The highest BCUT2D eigenvalue weighted by molar-refractivity contribution is 6.06. The normalized spacial score (nSPS) is 14.2. The molecule has 0 radical (unpaired) electrons. The van der Waals surface area contributed by atoms with Gasteiger partial charge >= 0.3 is 0 Å². The van der Waals surface area contributed by atoms with E-state index in [0.29, 0.717) is 40.3 Å². The van der Waals surface area contributed by atoms with E-state index in [1.807, 2.05) is 48.5 Å². The van der Waals surface area contributed by atoms with Crippen molar-refractivity contribution in [2.24, 2.45) is 0 Å². The van der Waals surface area contributed by atoms with Crippen molar-refractivity contribution in [1.82, 2.24) is 19.8 Å². The zero-order valence-corrected chi connectivity index (χ0v) is 23.7. The fourth-order valence-electron chi connectivity index (χ4n) is 5.14. The number of rotatable bonds is 9. The molecule has 42 heavy (non-hydrogen) atoms. The zero-order valence-electron chi connectivity index (χ0n) is 23.7. The molecule has 5 aromatic rings.